The number of aliphatic hydroxyl groups is 1. The van der Waals surface area contributed by atoms with Crippen molar-refractivity contribution in [2.24, 2.45) is 0 Å². The van der Waals surface area contributed by atoms with Gasteiger partial charge in [0.25, 0.3) is 5.91 Å². The lowest BCUT2D eigenvalue weighted by Gasteiger charge is -2.19. The number of carbonyl (C=O) groups is 1. The zero-order chi connectivity index (χ0) is 14.5. The number of carbonyl (C=O) groups excluding carboxylic acids is 1. The molecule has 20 heavy (non-hydrogen) atoms. The Hall–Kier alpha value is -1.85. The normalized spacial score (nSPS) is 15.1. The molecular formula is C15H20N2O3. The Labute approximate surface area is 118 Å². The summed E-state index contributed by atoms with van der Waals surface area (Å²) in [6.07, 6.45) is 1.25. The number of amides is 1. The zero-order valence-electron chi connectivity index (χ0n) is 11.8. The van der Waals surface area contributed by atoms with Crippen molar-refractivity contribution in [3.63, 3.8) is 0 Å². The Morgan fingerprint density at radius 2 is 2.20 bits per heavy atom. The van der Waals surface area contributed by atoms with Gasteiger partial charge in [-0.25, -0.2) is 0 Å². The maximum atomic E-state index is 12.0. The molecule has 1 amide bonds. The highest BCUT2D eigenvalue weighted by Gasteiger charge is 2.17. The Morgan fingerprint density at radius 3 is 2.95 bits per heavy atom. The van der Waals surface area contributed by atoms with Crippen LogP contribution < -0.4 is 10.1 Å². The molecule has 1 aromatic rings. The van der Waals surface area contributed by atoms with E-state index in [0.717, 1.165) is 11.3 Å². The monoisotopic (exact) mass is 276 g/mol. The van der Waals surface area contributed by atoms with Gasteiger partial charge in [0, 0.05) is 18.7 Å². The first-order valence-corrected chi connectivity index (χ1v) is 6.59. The van der Waals surface area contributed by atoms with Crippen molar-refractivity contribution in [3.05, 3.63) is 35.4 Å². The van der Waals surface area contributed by atoms with E-state index < -0.39 is 6.10 Å². The van der Waals surface area contributed by atoms with Gasteiger partial charge in [0.2, 0.25) is 0 Å². The molecule has 1 aliphatic rings. The number of fused-ring (bicyclic) bond motifs is 1. The summed E-state index contributed by atoms with van der Waals surface area (Å²) in [5.74, 6) is 0.592. The minimum Gasteiger partial charge on any atom is -0.488 e. The molecule has 0 radical (unpaired) electrons. The zero-order valence-corrected chi connectivity index (χ0v) is 11.8. The third-order valence-electron chi connectivity index (χ3n) is 3.00. The Bertz CT molecular complexity index is 512. The molecule has 0 fully saturated rings. The molecule has 2 rings (SSSR count). The summed E-state index contributed by atoms with van der Waals surface area (Å²) < 4.78 is 5.53. The molecule has 5 heteroatoms. The minimum atomic E-state index is -0.577. The molecule has 0 aromatic heterocycles. The highest BCUT2D eigenvalue weighted by atomic mass is 16.5. The lowest BCUT2D eigenvalue weighted by molar-refractivity contribution is -0.118. The number of ether oxygens (including phenoxy) is 1. The molecule has 1 aromatic carbocycles. The maximum absolute atomic E-state index is 12.0. The smallest absolute Gasteiger partial charge is 0.250 e. The summed E-state index contributed by atoms with van der Waals surface area (Å²) >= 11 is 0. The predicted molar refractivity (Wildman–Crippen MR) is 77.5 cm³/mol. The van der Waals surface area contributed by atoms with Gasteiger partial charge >= 0.3 is 0 Å². The van der Waals surface area contributed by atoms with Gasteiger partial charge in [0.1, 0.15) is 12.4 Å². The number of hydrogen-bond donors (Lipinski definition) is 2. The van der Waals surface area contributed by atoms with E-state index in [2.05, 4.69) is 5.32 Å². The quantitative estimate of drug-likeness (QED) is 0.822. The van der Waals surface area contributed by atoms with Crippen LogP contribution in [0.3, 0.4) is 0 Å². The molecular weight excluding hydrogens is 256 g/mol. The standard InChI is InChI=1S/C15H20N2O3/c1-17(2)9-13(18)8-16-15(19)12-7-11-5-3-4-6-14(11)20-10-12/h3-7,13,18H,8-10H2,1-2H3,(H,16,19). The highest BCUT2D eigenvalue weighted by Crippen LogP contribution is 2.25. The summed E-state index contributed by atoms with van der Waals surface area (Å²) in [7, 11) is 3.75. The van der Waals surface area contributed by atoms with Crippen molar-refractivity contribution in [1.29, 1.82) is 0 Å². The second kappa shape index (κ2) is 6.54. The second-order valence-electron chi connectivity index (χ2n) is 5.12. The van der Waals surface area contributed by atoms with Gasteiger partial charge in [0.15, 0.2) is 0 Å². The van der Waals surface area contributed by atoms with E-state index in [1.807, 2.05) is 49.3 Å². The first kappa shape index (κ1) is 14.6. The molecule has 0 saturated carbocycles. The van der Waals surface area contributed by atoms with Gasteiger partial charge in [-0.1, -0.05) is 18.2 Å². The van der Waals surface area contributed by atoms with E-state index in [-0.39, 0.29) is 19.1 Å². The average molecular weight is 276 g/mol. The SMILES string of the molecule is CN(C)CC(O)CNC(=O)C1=Cc2ccccc2OC1. The van der Waals surface area contributed by atoms with Crippen LogP contribution in [0.4, 0.5) is 0 Å². The van der Waals surface area contributed by atoms with Crippen LogP contribution in [0.15, 0.2) is 29.8 Å². The first-order valence-electron chi connectivity index (χ1n) is 6.59. The van der Waals surface area contributed by atoms with E-state index in [1.165, 1.54) is 0 Å². The van der Waals surface area contributed by atoms with Crippen LogP contribution in [-0.4, -0.2) is 55.8 Å². The van der Waals surface area contributed by atoms with Crippen LogP contribution in [-0.2, 0) is 4.79 Å². The molecule has 1 aliphatic heterocycles. The number of aliphatic hydroxyl groups excluding tert-OH is 1. The first-order chi connectivity index (χ1) is 9.56. The molecule has 0 spiro atoms. The number of para-hydroxylation sites is 1. The van der Waals surface area contributed by atoms with Gasteiger partial charge in [-0.05, 0) is 26.2 Å². The summed E-state index contributed by atoms with van der Waals surface area (Å²) in [6, 6.07) is 7.58. The summed E-state index contributed by atoms with van der Waals surface area (Å²) in [5, 5.41) is 12.4. The second-order valence-corrected chi connectivity index (χ2v) is 5.12. The number of nitrogens with one attached hydrogen (secondary N) is 1. The third-order valence-corrected chi connectivity index (χ3v) is 3.00. The number of rotatable bonds is 5. The third kappa shape index (κ3) is 3.82. The fourth-order valence-electron chi connectivity index (χ4n) is 2.06. The molecule has 1 atom stereocenters. The lowest BCUT2D eigenvalue weighted by atomic mass is 10.1. The Morgan fingerprint density at radius 1 is 1.45 bits per heavy atom. The van der Waals surface area contributed by atoms with Crippen LogP contribution in [0, 0.1) is 0 Å². The fourth-order valence-corrected chi connectivity index (χ4v) is 2.06. The van der Waals surface area contributed by atoms with Crippen molar-refractivity contribution < 1.29 is 14.6 Å². The molecule has 0 bridgehead atoms. The molecule has 108 valence electrons. The van der Waals surface area contributed by atoms with Gasteiger partial charge in [-0.15, -0.1) is 0 Å². The van der Waals surface area contributed by atoms with Crippen LogP contribution in [0.1, 0.15) is 5.56 Å². The molecule has 0 aliphatic carbocycles. The predicted octanol–water partition coefficient (Wildman–Crippen LogP) is 0.501. The fraction of sp³-hybridized carbons (Fsp3) is 0.400. The largest absolute Gasteiger partial charge is 0.488 e. The van der Waals surface area contributed by atoms with E-state index in [9.17, 15) is 9.90 Å². The van der Waals surface area contributed by atoms with Crippen molar-refractivity contribution in [2.75, 3.05) is 33.8 Å². The molecule has 2 N–H and O–H groups in total. The molecule has 1 heterocycles. The van der Waals surface area contributed by atoms with Crippen molar-refractivity contribution in [1.82, 2.24) is 10.2 Å². The topological polar surface area (TPSA) is 61.8 Å². The molecule has 0 saturated heterocycles. The Balaban J connectivity index is 1.93. The minimum absolute atomic E-state index is 0.197. The van der Waals surface area contributed by atoms with Crippen LogP contribution >= 0.6 is 0 Å². The van der Waals surface area contributed by atoms with Crippen molar-refractivity contribution in [3.8, 4) is 5.75 Å². The molecule has 5 nitrogen and oxygen atoms in total. The summed E-state index contributed by atoms with van der Waals surface area (Å²) in [4.78, 5) is 13.9. The van der Waals surface area contributed by atoms with E-state index in [1.54, 1.807) is 0 Å². The lowest BCUT2D eigenvalue weighted by Crippen LogP contribution is -2.39. The van der Waals surface area contributed by atoms with Crippen molar-refractivity contribution >= 4 is 12.0 Å². The molecule has 1 unspecified atom stereocenters. The summed E-state index contributed by atoms with van der Waals surface area (Å²) in [5.41, 5.74) is 1.47. The van der Waals surface area contributed by atoms with E-state index in [0.29, 0.717) is 12.1 Å². The van der Waals surface area contributed by atoms with Gasteiger partial charge in [-0.3, -0.25) is 4.79 Å². The van der Waals surface area contributed by atoms with Gasteiger partial charge < -0.3 is 20.1 Å². The number of likely N-dealkylation sites (N-methyl/N-ethyl adjacent to an activating group) is 1. The van der Waals surface area contributed by atoms with Gasteiger partial charge in [-0.2, -0.15) is 0 Å². The van der Waals surface area contributed by atoms with E-state index in [4.69, 9.17) is 4.74 Å². The number of benzene rings is 1. The van der Waals surface area contributed by atoms with Crippen LogP contribution in [0.2, 0.25) is 0 Å². The maximum Gasteiger partial charge on any atom is 0.250 e. The van der Waals surface area contributed by atoms with Gasteiger partial charge in [0.05, 0.1) is 11.7 Å². The van der Waals surface area contributed by atoms with E-state index >= 15 is 0 Å². The number of hydrogen-bond acceptors (Lipinski definition) is 4. The number of nitrogens with zero attached hydrogens (tertiary/aromatic N) is 1. The van der Waals surface area contributed by atoms with Crippen LogP contribution in [0.5, 0.6) is 5.75 Å². The summed E-state index contributed by atoms with van der Waals surface area (Å²) in [6.45, 7) is 1.00. The highest BCUT2D eigenvalue weighted by molar-refractivity contribution is 5.99. The van der Waals surface area contributed by atoms with Crippen molar-refractivity contribution in [2.45, 2.75) is 6.10 Å². The Kier molecular flexibility index (Phi) is 4.76. The average Bonchev–Trinajstić information content (AvgIpc) is 2.43. The van der Waals surface area contributed by atoms with Crippen LogP contribution in [0.25, 0.3) is 6.08 Å².